The molecule has 2 aliphatic heterocycles. The highest BCUT2D eigenvalue weighted by atomic mass is 19.4. The third kappa shape index (κ3) is 5.28. The molecule has 2 fully saturated rings. The van der Waals surface area contributed by atoms with Gasteiger partial charge in [-0.2, -0.15) is 13.2 Å². The normalized spacial score (nSPS) is 24.1. The van der Waals surface area contributed by atoms with Crippen molar-refractivity contribution in [2.75, 3.05) is 32.7 Å². The maximum atomic E-state index is 13.2. The fourth-order valence-electron chi connectivity index (χ4n) is 4.54. The molecular weight excluding hydrogens is 365 g/mol. The standard InChI is InChI=1S/C22H31F3N2O/c1-16(2)11-21(28)27-14-18(13-26-9-4-3-5-10-26)20(15-27)17-7-6-8-19(12-17)22(23,24)25/h6-8,12,16,18,20H,3-5,9-11,13-15H2,1-2H3/t18-,20+/m0/s1. The van der Waals surface area contributed by atoms with E-state index in [1.807, 2.05) is 18.7 Å². The van der Waals surface area contributed by atoms with Gasteiger partial charge >= 0.3 is 6.18 Å². The lowest BCUT2D eigenvalue weighted by atomic mass is 9.87. The summed E-state index contributed by atoms with van der Waals surface area (Å²) in [6.07, 6.45) is -0.249. The molecule has 0 unspecified atom stereocenters. The van der Waals surface area contributed by atoms with E-state index < -0.39 is 11.7 Å². The molecule has 2 saturated heterocycles. The van der Waals surface area contributed by atoms with E-state index >= 15 is 0 Å². The number of carbonyl (C=O) groups is 1. The van der Waals surface area contributed by atoms with Crippen LogP contribution in [0.3, 0.4) is 0 Å². The number of rotatable bonds is 5. The van der Waals surface area contributed by atoms with Crippen molar-refractivity contribution in [1.29, 1.82) is 0 Å². The van der Waals surface area contributed by atoms with Crippen LogP contribution in [0.15, 0.2) is 24.3 Å². The number of carbonyl (C=O) groups excluding carboxylic acids is 1. The van der Waals surface area contributed by atoms with Gasteiger partial charge in [-0.15, -0.1) is 0 Å². The number of nitrogens with zero attached hydrogens (tertiary/aromatic N) is 2. The number of halogens is 3. The van der Waals surface area contributed by atoms with Crippen molar-refractivity contribution in [1.82, 2.24) is 9.80 Å². The van der Waals surface area contributed by atoms with Gasteiger partial charge in [0.1, 0.15) is 0 Å². The summed E-state index contributed by atoms with van der Waals surface area (Å²) in [6, 6.07) is 5.69. The topological polar surface area (TPSA) is 23.6 Å². The predicted molar refractivity (Wildman–Crippen MR) is 104 cm³/mol. The minimum atomic E-state index is -4.34. The van der Waals surface area contributed by atoms with Crippen LogP contribution in [0.2, 0.25) is 0 Å². The van der Waals surface area contributed by atoms with Crippen LogP contribution in [0, 0.1) is 11.8 Å². The molecule has 156 valence electrons. The van der Waals surface area contributed by atoms with E-state index in [9.17, 15) is 18.0 Å². The number of likely N-dealkylation sites (tertiary alicyclic amines) is 2. The van der Waals surface area contributed by atoms with E-state index in [1.54, 1.807) is 6.07 Å². The SMILES string of the molecule is CC(C)CC(=O)N1C[C@H](CN2CCCCC2)[C@@H](c2cccc(C(F)(F)F)c2)C1. The van der Waals surface area contributed by atoms with Gasteiger partial charge in [0, 0.05) is 32.0 Å². The molecule has 6 heteroatoms. The minimum absolute atomic E-state index is 0.0414. The largest absolute Gasteiger partial charge is 0.416 e. The maximum Gasteiger partial charge on any atom is 0.416 e. The van der Waals surface area contributed by atoms with Gasteiger partial charge in [-0.1, -0.05) is 38.5 Å². The molecule has 0 N–H and O–H groups in total. The van der Waals surface area contributed by atoms with Crippen LogP contribution in [-0.2, 0) is 11.0 Å². The van der Waals surface area contributed by atoms with E-state index in [1.165, 1.54) is 31.4 Å². The van der Waals surface area contributed by atoms with Crippen LogP contribution in [0.25, 0.3) is 0 Å². The number of hydrogen-bond donors (Lipinski definition) is 0. The van der Waals surface area contributed by atoms with Gasteiger partial charge in [0.15, 0.2) is 0 Å². The Kier molecular flexibility index (Phi) is 6.69. The first-order valence-electron chi connectivity index (χ1n) is 10.4. The number of amides is 1. The van der Waals surface area contributed by atoms with Crippen LogP contribution >= 0.6 is 0 Å². The van der Waals surface area contributed by atoms with Crippen molar-refractivity contribution in [3.8, 4) is 0 Å². The molecule has 0 radical (unpaired) electrons. The van der Waals surface area contributed by atoms with Crippen molar-refractivity contribution in [3.63, 3.8) is 0 Å². The van der Waals surface area contributed by atoms with Gasteiger partial charge in [0.25, 0.3) is 0 Å². The lowest BCUT2D eigenvalue weighted by molar-refractivity contribution is -0.137. The first kappa shape index (κ1) is 21.2. The van der Waals surface area contributed by atoms with Gasteiger partial charge in [0.05, 0.1) is 5.56 Å². The Bertz CT molecular complexity index is 668. The molecule has 2 heterocycles. The molecule has 2 aliphatic rings. The summed E-state index contributed by atoms with van der Waals surface area (Å²) in [4.78, 5) is 16.9. The summed E-state index contributed by atoms with van der Waals surface area (Å²) in [5.74, 6) is 0.534. The fourth-order valence-corrected chi connectivity index (χ4v) is 4.54. The Morgan fingerprint density at radius 2 is 1.86 bits per heavy atom. The molecule has 3 nitrogen and oxygen atoms in total. The monoisotopic (exact) mass is 396 g/mol. The zero-order chi connectivity index (χ0) is 20.3. The zero-order valence-electron chi connectivity index (χ0n) is 16.8. The van der Waals surface area contributed by atoms with E-state index in [2.05, 4.69) is 4.90 Å². The quantitative estimate of drug-likeness (QED) is 0.715. The second-order valence-corrected chi connectivity index (χ2v) is 8.75. The molecule has 0 aliphatic carbocycles. The van der Waals surface area contributed by atoms with Crippen LogP contribution < -0.4 is 0 Å². The van der Waals surface area contributed by atoms with E-state index in [4.69, 9.17) is 0 Å². The molecule has 0 saturated carbocycles. The van der Waals surface area contributed by atoms with E-state index in [-0.39, 0.29) is 23.7 Å². The maximum absolute atomic E-state index is 13.2. The molecule has 1 amide bonds. The van der Waals surface area contributed by atoms with Crippen molar-refractivity contribution in [3.05, 3.63) is 35.4 Å². The molecule has 3 rings (SSSR count). The average molecular weight is 396 g/mol. The first-order valence-corrected chi connectivity index (χ1v) is 10.4. The van der Waals surface area contributed by atoms with Crippen LogP contribution in [0.1, 0.15) is 56.6 Å². The first-order chi connectivity index (χ1) is 13.2. The third-order valence-electron chi connectivity index (χ3n) is 5.96. The van der Waals surface area contributed by atoms with E-state index in [0.717, 1.165) is 25.7 Å². The molecule has 1 aromatic carbocycles. The summed E-state index contributed by atoms with van der Waals surface area (Å²) in [5, 5.41) is 0. The molecule has 2 atom stereocenters. The fraction of sp³-hybridized carbons (Fsp3) is 0.682. The Hall–Kier alpha value is -1.56. The van der Waals surface area contributed by atoms with Gasteiger partial charge in [-0.05, 0) is 49.4 Å². The van der Waals surface area contributed by atoms with Gasteiger partial charge in [0.2, 0.25) is 5.91 Å². The van der Waals surface area contributed by atoms with Crippen LogP contribution in [0.5, 0.6) is 0 Å². The van der Waals surface area contributed by atoms with Crippen molar-refractivity contribution >= 4 is 5.91 Å². The second kappa shape index (κ2) is 8.85. The smallest absolute Gasteiger partial charge is 0.342 e. The summed E-state index contributed by atoms with van der Waals surface area (Å²) >= 11 is 0. The molecule has 28 heavy (non-hydrogen) atoms. The molecular formula is C22H31F3N2O. The lowest BCUT2D eigenvalue weighted by Crippen LogP contribution is -2.37. The predicted octanol–water partition coefficient (Wildman–Crippen LogP) is 4.78. The Morgan fingerprint density at radius 3 is 2.50 bits per heavy atom. The zero-order valence-corrected chi connectivity index (χ0v) is 16.8. The van der Waals surface area contributed by atoms with Gasteiger partial charge in [-0.3, -0.25) is 4.79 Å². The minimum Gasteiger partial charge on any atom is -0.342 e. The van der Waals surface area contributed by atoms with Gasteiger partial charge < -0.3 is 9.80 Å². The molecule has 0 spiro atoms. The second-order valence-electron chi connectivity index (χ2n) is 8.75. The van der Waals surface area contributed by atoms with Crippen LogP contribution in [-0.4, -0.2) is 48.4 Å². The highest BCUT2D eigenvalue weighted by Gasteiger charge is 2.38. The number of piperidine rings is 1. The van der Waals surface area contributed by atoms with Crippen LogP contribution in [0.4, 0.5) is 13.2 Å². The summed E-state index contributed by atoms with van der Waals surface area (Å²) < 4.78 is 39.6. The summed E-state index contributed by atoms with van der Waals surface area (Å²) in [5.41, 5.74) is 0.102. The average Bonchev–Trinajstić information content (AvgIpc) is 3.05. The molecule has 0 aromatic heterocycles. The Labute approximate surface area is 165 Å². The third-order valence-corrected chi connectivity index (χ3v) is 5.96. The number of alkyl halides is 3. The van der Waals surface area contributed by atoms with E-state index in [0.29, 0.717) is 25.1 Å². The molecule has 1 aromatic rings. The Balaban J connectivity index is 1.81. The summed E-state index contributed by atoms with van der Waals surface area (Å²) in [7, 11) is 0. The highest BCUT2D eigenvalue weighted by molar-refractivity contribution is 5.76. The summed E-state index contributed by atoms with van der Waals surface area (Å²) in [6.45, 7) is 8.14. The molecule has 0 bridgehead atoms. The number of hydrogen-bond acceptors (Lipinski definition) is 2. The number of benzene rings is 1. The van der Waals surface area contributed by atoms with Crippen molar-refractivity contribution in [2.45, 2.75) is 51.6 Å². The van der Waals surface area contributed by atoms with Crippen molar-refractivity contribution in [2.24, 2.45) is 11.8 Å². The highest BCUT2D eigenvalue weighted by Crippen LogP contribution is 2.37. The lowest BCUT2D eigenvalue weighted by Gasteiger charge is -2.31. The Morgan fingerprint density at radius 1 is 1.14 bits per heavy atom. The van der Waals surface area contributed by atoms with Crippen molar-refractivity contribution < 1.29 is 18.0 Å². The van der Waals surface area contributed by atoms with Gasteiger partial charge in [-0.25, -0.2) is 0 Å².